The van der Waals surface area contributed by atoms with Gasteiger partial charge in [0.05, 0.1) is 13.2 Å². The molecule has 7 heteroatoms. The third-order valence-corrected chi connectivity index (χ3v) is 3.06. The third-order valence-electron chi connectivity index (χ3n) is 2.13. The Morgan fingerprint density at radius 1 is 1.53 bits per heavy atom. The molecule has 1 atom stereocenters. The number of ether oxygens (including phenoxy) is 1. The van der Waals surface area contributed by atoms with Crippen LogP contribution in [0.15, 0.2) is 17.5 Å². The molecule has 0 aromatic carbocycles. The number of alkyl halides is 3. The highest BCUT2D eigenvalue weighted by molar-refractivity contribution is 7.09. The van der Waals surface area contributed by atoms with Gasteiger partial charge in [-0.2, -0.15) is 13.2 Å². The smallest absolute Gasteiger partial charge is 0.387 e. The maximum atomic E-state index is 12.4. The van der Waals surface area contributed by atoms with Gasteiger partial charge in [0.2, 0.25) is 0 Å². The summed E-state index contributed by atoms with van der Waals surface area (Å²) in [6.07, 6.45) is -3.95. The van der Waals surface area contributed by atoms with E-state index in [1.54, 1.807) is 0 Å². The summed E-state index contributed by atoms with van der Waals surface area (Å²) in [6, 6.07) is 3.76. The summed E-state index contributed by atoms with van der Waals surface area (Å²) >= 11 is 1.52. The molecule has 96 valence electrons. The van der Waals surface area contributed by atoms with Gasteiger partial charge in [0, 0.05) is 11.3 Å². The monoisotopic (exact) mass is 266 g/mol. The van der Waals surface area contributed by atoms with Crippen LogP contribution in [0.3, 0.4) is 0 Å². The van der Waals surface area contributed by atoms with E-state index >= 15 is 0 Å². The van der Waals surface area contributed by atoms with Gasteiger partial charge >= 0.3 is 6.18 Å². The number of nitrogens with two attached hydrogens (primary N) is 1. The normalized spacial score (nSPS) is 13.6. The van der Waals surface area contributed by atoms with Crippen molar-refractivity contribution in [3.8, 4) is 0 Å². The zero-order chi connectivity index (χ0) is 12.9. The van der Waals surface area contributed by atoms with E-state index < -0.39 is 24.5 Å². The quantitative estimate of drug-likeness (QED) is 0.472. The van der Waals surface area contributed by atoms with Gasteiger partial charge in [-0.25, -0.2) is 0 Å². The number of rotatable bonds is 6. The van der Waals surface area contributed by atoms with Crippen molar-refractivity contribution in [1.29, 1.82) is 5.41 Å². The minimum absolute atomic E-state index is 0.195. The molecular formula is C10H13F3N2OS. The van der Waals surface area contributed by atoms with Crippen LogP contribution in [0.25, 0.3) is 0 Å². The van der Waals surface area contributed by atoms with E-state index in [1.807, 2.05) is 17.5 Å². The Balaban J connectivity index is 2.31. The first-order valence-corrected chi connectivity index (χ1v) is 5.80. The number of hydrogen-bond donors (Lipinski definition) is 2. The molecular weight excluding hydrogens is 253 g/mol. The predicted molar refractivity (Wildman–Crippen MR) is 60.3 cm³/mol. The molecule has 0 spiro atoms. The number of nitrogens with one attached hydrogen (secondary N) is 1. The van der Waals surface area contributed by atoms with Gasteiger partial charge in [0.15, 0.2) is 0 Å². The van der Waals surface area contributed by atoms with Crippen molar-refractivity contribution in [1.82, 2.24) is 0 Å². The zero-order valence-corrected chi connectivity index (χ0v) is 9.77. The molecule has 1 unspecified atom stereocenters. The fourth-order valence-electron chi connectivity index (χ4n) is 1.19. The second kappa shape index (κ2) is 6.02. The predicted octanol–water partition coefficient (Wildman–Crippen LogP) is 2.42. The van der Waals surface area contributed by atoms with E-state index in [4.69, 9.17) is 15.9 Å². The average molecular weight is 266 g/mol. The SMILES string of the molecule is N=C(N)C(COCCc1cccs1)C(F)(F)F. The number of thiophene rings is 1. The lowest BCUT2D eigenvalue weighted by atomic mass is 10.1. The van der Waals surface area contributed by atoms with Gasteiger partial charge in [0.25, 0.3) is 0 Å². The second-order valence-corrected chi connectivity index (χ2v) is 4.49. The van der Waals surface area contributed by atoms with Crippen molar-refractivity contribution in [3.63, 3.8) is 0 Å². The molecule has 1 heterocycles. The van der Waals surface area contributed by atoms with E-state index in [2.05, 4.69) is 0 Å². The van der Waals surface area contributed by atoms with E-state index in [9.17, 15) is 13.2 Å². The van der Waals surface area contributed by atoms with Crippen LogP contribution in [0.1, 0.15) is 4.88 Å². The maximum Gasteiger partial charge on any atom is 0.400 e. The molecule has 3 N–H and O–H groups in total. The van der Waals surface area contributed by atoms with Gasteiger partial charge < -0.3 is 10.5 Å². The summed E-state index contributed by atoms with van der Waals surface area (Å²) in [5.41, 5.74) is 4.89. The van der Waals surface area contributed by atoms with E-state index in [0.717, 1.165) is 4.88 Å². The van der Waals surface area contributed by atoms with E-state index in [1.165, 1.54) is 11.3 Å². The average Bonchev–Trinajstić information content (AvgIpc) is 2.67. The number of amidine groups is 1. The molecule has 3 nitrogen and oxygen atoms in total. The van der Waals surface area contributed by atoms with Crippen molar-refractivity contribution in [2.45, 2.75) is 12.6 Å². The van der Waals surface area contributed by atoms with Gasteiger partial charge in [-0.15, -0.1) is 11.3 Å². The zero-order valence-electron chi connectivity index (χ0n) is 8.96. The molecule has 0 aliphatic rings. The van der Waals surface area contributed by atoms with Crippen LogP contribution in [0, 0.1) is 11.3 Å². The fraction of sp³-hybridized carbons (Fsp3) is 0.500. The molecule has 1 aromatic rings. The van der Waals surface area contributed by atoms with Crippen LogP contribution >= 0.6 is 11.3 Å². The fourth-order valence-corrected chi connectivity index (χ4v) is 1.88. The van der Waals surface area contributed by atoms with Crippen LogP contribution in [-0.2, 0) is 11.2 Å². The van der Waals surface area contributed by atoms with Crippen molar-refractivity contribution < 1.29 is 17.9 Å². The van der Waals surface area contributed by atoms with E-state index in [-0.39, 0.29) is 6.61 Å². The Labute approximate surface area is 101 Å². The summed E-state index contributed by atoms with van der Waals surface area (Å²) in [4.78, 5) is 1.05. The van der Waals surface area contributed by atoms with Gasteiger partial charge in [-0.1, -0.05) is 6.07 Å². The first kappa shape index (κ1) is 14.0. The lowest BCUT2D eigenvalue weighted by Crippen LogP contribution is -2.38. The molecule has 0 fully saturated rings. The molecule has 0 saturated carbocycles. The van der Waals surface area contributed by atoms with Crippen molar-refractivity contribution in [3.05, 3.63) is 22.4 Å². The van der Waals surface area contributed by atoms with Crippen LogP contribution in [0.2, 0.25) is 0 Å². The van der Waals surface area contributed by atoms with Crippen LogP contribution in [0.4, 0.5) is 13.2 Å². The molecule has 0 saturated heterocycles. The van der Waals surface area contributed by atoms with Gasteiger partial charge in [0.1, 0.15) is 11.8 Å². The Kier molecular flexibility index (Phi) is 4.95. The third kappa shape index (κ3) is 4.74. The first-order valence-electron chi connectivity index (χ1n) is 4.92. The molecule has 0 amide bonds. The lowest BCUT2D eigenvalue weighted by Gasteiger charge is -2.18. The van der Waals surface area contributed by atoms with Crippen molar-refractivity contribution >= 4 is 17.2 Å². The second-order valence-electron chi connectivity index (χ2n) is 3.45. The molecule has 0 radical (unpaired) electrons. The highest BCUT2D eigenvalue weighted by atomic mass is 32.1. The van der Waals surface area contributed by atoms with Crippen molar-refractivity contribution in [2.24, 2.45) is 11.7 Å². The minimum Gasteiger partial charge on any atom is -0.387 e. The summed E-state index contributed by atoms with van der Waals surface area (Å²) in [5.74, 6) is -2.92. The minimum atomic E-state index is -4.52. The lowest BCUT2D eigenvalue weighted by molar-refractivity contribution is -0.168. The van der Waals surface area contributed by atoms with Gasteiger partial charge in [-0.05, 0) is 11.4 Å². The topological polar surface area (TPSA) is 59.1 Å². The Bertz CT molecular complexity index is 351. The Morgan fingerprint density at radius 3 is 2.71 bits per heavy atom. The molecule has 1 aromatic heterocycles. The summed E-state index contributed by atoms with van der Waals surface area (Å²) < 4.78 is 42.0. The molecule has 0 aliphatic carbocycles. The Hall–Kier alpha value is -1.08. The first-order chi connectivity index (χ1) is 7.91. The number of hydrogen-bond acceptors (Lipinski definition) is 3. The van der Waals surface area contributed by atoms with Crippen LogP contribution < -0.4 is 5.73 Å². The summed E-state index contributed by atoms with van der Waals surface area (Å²) in [7, 11) is 0. The molecule has 1 rings (SSSR count). The molecule has 17 heavy (non-hydrogen) atoms. The van der Waals surface area contributed by atoms with Crippen LogP contribution in [0.5, 0.6) is 0 Å². The highest BCUT2D eigenvalue weighted by Gasteiger charge is 2.41. The van der Waals surface area contributed by atoms with Gasteiger partial charge in [-0.3, -0.25) is 5.41 Å². The van der Waals surface area contributed by atoms with Crippen molar-refractivity contribution in [2.75, 3.05) is 13.2 Å². The highest BCUT2D eigenvalue weighted by Crippen LogP contribution is 2.26. The largest absolute Gasteiger partial charge is 0.400 e. The number of halogens is 3. The molecule has 0 bridgehead atoms. The molecule has 0 aliphatic heterocycles. The maximum absolute atomic E-state index is 12.4. The summed E-state index contributed by atoms with van der Waals surface area (Å²) in [5, 5.41) is 8.75. The van der Waals surface area contributed by atoms with Crippen LogP contribution in [-0.4, -0.2) is 25.2 Å². The summed E-state index contributed by atoms with van der Waals surface area (Å²) in [6.45, 7) is -0.398. The Morgan fingerprint density at radius 2 is 2.24 bits per heavy atom. The van der Waals surface area contributed by atoms with E-state index in [0.29, 0.717) is 6.42 Å². The standard InChI is InChI=1S/C10H13F3N2OS/c11-10(12,13)8(9(14)15)6-16-4-3-7-2-1-5-17-7/h1-2,5,8H,3-4,6H2,(H3,14,15).